The van der Waals surface area contributed by atoms with E-state index in [9.17, 15) is 9.59 Å². The van der Waals surface area contributed by atoms with Crippen molar-refractivity contribution < 1.29 is 19.1 Å². The molecule has 5 heteroatoms. The lowest BCUT2D eigenvalue weighted by Crippen LogP contribution is -2.44. The first-order valence-electron chi connectivity index (χ1n) is 6.00. The Labute approximate surface area is 112 Å². The van der Waals surface area contributed by atoms with Crippen molar-refractivity contribution in [1.82, 2.24) is 0 Å². The molecule has 0 aliphatic carbocycles. The molecule has 0 aliphatic rings. The number of rotatable bonds is 4. The zero-order chi connectivity index (χ0) is 14.6. The Morgan fingerprint density at radius 1 is 1.37 bits per heavy atom. The third-order valence-electron chi connectivity index (χ3n) is 2.84. The summed E-state index contributed by atoms with van der Waals surface area (Å²) < 4.78 is 9.66. The van der Waals surface area contributed by atoms with Crippen LogP contribution in [0, 0.1) is 6.92 Å². The number of carbonyl (C=O) groups excluding carboxylic acids is 2. The minimum atomic E-state index is -1.40. The van der Waals surface area contributed by atoms with Gasteiger partial charge in [0.15, 0.2) is 0 Å². The number of carbonyl (C=O) groups is 2. The van der Waals surface area contributed by atoms with E-state index in [4.69, 9.17) is 15.2 Å². The van der Waals surface area contributed by atoms with E-state index in [1.807, 2.05) is 6.92 Å². The molecule has 1 unspecified atom stereocenters. The Hall–Kier alpha value is -1.88. The van der Waals surface area contributed by atoms with Crippen molar-refractivity contribution in [3.8, 4) is 0 Å². The average Bonchev–Trinajstić information content (AvgIpc) is 2.38. The lowest BCUT2D eigenvalue weighted by Gasteiger charge is -2.25. The van der Waals surface area contributed by atoms with Crippen LogP contribution < -0.4 is 5.73 Å². The van der Waals surface area contributed by atoms with Gasteiger partial charge in [-0.1, -0.05) is 17.7 Å². The minimum absolute atomic E-state index is 0.227. The van der Waals surface area contributed by atoms with Crippen molar-refractivity contribution in [3.05, 3.63) is 34.9 Å². The van der Waals surface area contributed by atoms with E-state index in [1.165, 1.54) is 14.0 Å². The highest BCUT2D eigenvalue weighted by atomic mass is 16.5. The number of methoxy groups -OCH3 is 1. The average molecular weight is 265 g/mol. The van der Waals surface area contributed by atoms with Crippen LogP contribution in [-0.4, -0.2) is 25.7 Å². The second-order valence-electron chi connectivity index (χ2n) is 4.46. The lowest BCUT2D eigenvalue weighted by atomic mass is 9.88. The smallest absolute Gasteiger partial charge is 0.338 e. The minimum Gasteiger partial charge on any atom is -0.465 e. The van der Waals surface area contributed by atoms with E-state index < -0.39 is 17.5 Å². The fourth-order valence-electron chi connectivity index (χ4n) is 1.77. The van der Waals surface area contributed by atoms with Gasteiger partial charge in [-0.15, -0.1) is 0 Å². The van der Waals surface area contributed by atoms with Gasteiger partial charge in [0.05, 0.1) is 19.3 Å². The molecule has 0 radical (unpaired) electrons. The van der Waals surface area contributed by atoms with Gasteiger partial charge in [-0.2, -0.15) is 0 Å². The Morgan fingerprint density at radius 3 is 2.53 bits per heavy atom. The van der Waals surface area contributed by atoms with Gasteiger partial charge in [0.25, 0.3) is 0 Å². The fraction of sp³-hybridized carbons (Fsp3) is 0.429. The standard InChI is InChI=1S/C14H19NO4/c1-5-19-13(17)14(3,15)11-8-9(2)6-7-10(11)12(16)18-4/h6-8H,5,15H2,1-4H3. The molecule has 0 aliphatic heterocycles. The number of hydrogen-bond acceptors (Lipinski definition) is 5. The molecule has 0 aromatic heterocycles. The molecule has 1 aromatic rings. The third-order valence-corrected chi connectivity index (χ3v) is 2.84. The molecule has 0 saturated heterocycles. The second-order valence-corrected chi connectivity index (χ2v) is 4.46. The van der Waals surface area contributed by atoms with Gasteiger partial charge in [0, 0.05) is 0 Å². The summed E-state index contributed by atoms with van der Waals surface area (Å²) in [7, 11) is 1.28. The highest BCUT2D eigenvalue weighted by Gasteiger charge is 2.36. The van der Waals surface area contributed by atoms with E-state index in [0.29, 0.717) is 5.56 Å². The fourth-order valence-corrected chi connectivity index (χ4v) is 1.77. The molecule has 19 heavy (non-hydrogen) atoms. The molecule has 0 fully saturated rings. The number of ether oxygens (including phenoxy) is 2. The maximum absolute atomic E-state index is 11.9. The second kappa shape index (κ2) is 5.84. The summed E-state index contributed by atoms with van der Waals surface area (Å²) in [5.74, 6) is -1.11. The van der Waals surface area contributed by atoms with Gasteiger partial charge < -0.3 is 15.2 Å². The van der Waals surface area contributed by atoms with Crippen molar-refractivity contribution in [3.63, 3.8) is 0 Å². The largest absolute Gasteiger partial charge is 0.465 e. The van der Waals surface area contributed by atoms with Gasteiger partial charge in [-0.3, -0.25) is 0 Å². The van der Waals surface area contributed by atoms with Crippen molar-refractivity contribution in [2.24, 2.45) is 5.73 Å². The first kappa shape index (κ1) is 15.2. The summed E-state index contributed by atoms with van der Waals surface area (Å²) >= 11 is 0. The molecule has 0 saturated carbocycles. The van der Waals surface area contributed by atoms with E-state index in [1.54, 1.807) is 25.1 Å². The number of aryl methyl sites for hydroxylation is 1. The van der Waals surface area contributed by atoms with Crippen LogP contribution in [0.25, 0.3) is 0 Å². The number of esters is 2. The monoisotopic (exact) mass is 265 g/mol. The van der Waals surface area contributed by atoms with Gasteiger partial charge in [-0.25, -0.2) is 9.59 Å². The van der Waals surface area contributed by atoms with Crippen LogP contribution in [0.1, 0.15) is 35.3 Å². The maximum Gasteiger partial charge on any atom is 0.338 e. The summed E-state index contributed by atoms with van der Waals surface area (Å²) in [4.78, 5) is 23.7. The van der Waals surface area contributed by atoms with Crippen LogP contribution in [0.15, 0.2) is 18.2 Å². The normalized spacial score (nSPS) is 13.5. The van der Waals surface area contributed by atoms with Crippen LogP contribution in [0.5, 0.6) is 0 Å². The zero-order valence-electron chi connectivity index (χ0n) is 11.6. The molecular weight excluding hydrogens is 246 g/mol. The van der Waals surface area contributed by atoms with Crippen LogP contribution in [0.3, 0.4) is 0 Å². The van der Waals surface area contributed by atoms with Crippen molar-refractivity contribution in [1.29, 1.82) is 0 Å². The molecule has 0 amide bonds. The number of hydrogen-bond donors (Lipinski definition) is 1. The Balaban J connectivity index is 3.34. The SMILES string of the molecule is CCOC(=O)C(C)(N)c1cc(C)ccc1C(=O)OC. The van der Waals surface area contributed by atoms with E-state index in [-0.39, 0.29) is 12.2 Å². The van der Waals surface area contributed by atoms with Gasteiger partial charge in [0.2, 0.25) is 0 Å². The number of nitrogens with two attached hydrogens (primary N) is 1. The molecule has 1 rings (SSSR count). The van der Waals surface area contributed by atoms with Gasteiger partial charge in [-0.05, 0) is 32.4 Å². The molecule has 0 spiro atoms. The van der Waals surface area contributed by atoms with E-state index in [0.717, 1.165) is 5.56 Å². The quantitative estimate of drug-likeness (QED) is 0.835. The van der Waals surface area contributed by atoms with Crippen LogP contribution >= 0.6 is 0 Å². The Kier molecular flexibility index (Phi) is 4.67. The van der Waals surface area contributed by atoms with E-state index in [2.05, 4.69) is 0 Å². The maximum atomic E-state index is 11.9. The highest BCUT2D eigenvalue weighted by molar-refractivity contribution is 5.94. The molecule has 2 N–H and O–H groups in total. The molecule has 1 aromatic carbocycles. The molecule has 0 bridgehead atoms. The Morgan fingerprint density at radius 2 is 2.00 bits per heavy atom. The van der Waals surface area contributed by atoms with E-state index >= 15 is 0 Å². The third kappa shape index (κ3) is 3.12. The summed E-state index contributed by atoms with van der Waals surface area (Å²) in [6.07, 6.45) is 0. The summed E-state index contributed by atoms with van der Waals surface area (Å²) in [5, 5.41) is 0. The first-order valence-corrected chi connectivity index (χ1v) is 6.00. The molecule has 1 atom stereocenters. The van der Waals surface area contributed by atoms with Crippen molar-refractivity contribution >= 4 is 11.9 Å². The Bertz CT molecular complexity index is 494. The van der Waals surface area contributed by atoms with Crippen molar-refractivity contribution in [2.45, 2.75) is 26.3 Å². The molecular formula is C14H19NO4. The summed E-state index contributed by atoms with van der Waals surface area (Å²) in [6.45, 7) is 5.30. The zero-order valence-corrected chi connectivity index (χ0v) is 11.6. The number of benzene rings is 1. The van der Waals surface area contributed by atoms with Crippen LogP contribution in [0.2, 0.25) is 0 Å². The predicted octanol–water partition coefficient (Wildman–Crippen LogP) is 1.52. The van der Waals surface area contributed by atoms with Crippen LogP contribution in [0.4, 0.5) is 0 Å². The van der Waals surface area contributed by atoms with Gasteiger partial charge >= 0.3 is 11.9 Å². The topological polar surface area (TPSA) is 78.6 Å². The predicted molar refractivity (Wildman–Crippen MR) is 70.7 cm³/mol. The van der Waals surface area contributed by atoms with Crippen LogP contribution in [-0.2, 0) is 19.8 Å². The first-order chi connectivity index (χ1) is 8.84. The summed E-state index contributed by atoms with van der Waals surface area (Å²) in [6, 6.07) is 5.06. The highest BCUT2D eigenvalue weighted by Crippen LogP contribution is 2.25. The molecule has 5 nitrogen and oxygen atoms in total. The summed E-state index contributed by atoms with van der Waals surface area (Å²) in [5.41, 5.74) is 6.21. The van der Waals surface area contributed by atoms with Crippen molar-refractivity contribution in [2.75, 3.05) is 13.7 Å². The molecule has 0 heterocycles. The van der Waals surface area contributed by atoms with Gasteiger partial charge in [0.1, 0.15) is 5.54 Å². The molecule has 104 valence electrons. The lowest BCUT2D eigenvalue weighted by molar-refractivity contribution is -0.149.